The average Bonchev–Trinajstić information content (AvgIpc) is 2.31. The zero-order valence-corrected chi connectivity index (χ0v) is 10.5. The number of H-pyrrole nitrogens is 1. The first-order valence-electron chi connectivity index (χ1n) is 4.53. The molecular weight excluding hydrogens is 287 g/mol. The van der Waals surface area contributed by atoms with Crippen LogP contribution in [0.4, 0.5) is 4.39 Å². The Morgan fingerprint density at radius 1 is 1.00 bits per heavy atom. The highest BCUT2D eigenvalue weighted by Gasteiger charge is 2.15. The van der Waals surface area contributed by atoms with Crippen LogP contribution in [-0.2, 0) is 0 Å². The van der Waals surface area contributed by atoms with E-state index in [9.17, 15) is 9.18 Å². The van der Waals surface area contributed by atoms with E-state index in [4.69, 9.17) is 34.8 Å². The number of aromatic amines is 1. The van der Waals surface area contributed by atoms with E-state index in [-0.39, 0.29) is 20.6 Å². The maximum atomic E-state index is 13.6. The van der Waals surface area contributed by atoms with Crippen molar-refractivity contribution >= 4 is 34.8 Å². The number of rotatable bonds is 1. The summed E-state index contributed by atoms with van der Waals surface area (Å²) in [6, 6.07) is 4.41. The van der Waals surface area contributed by atoms with Gasteiger partial charge in [0.1, 0.15) is 0 Å². The van der Waals surface area contributed by atoms with Crippen molar-refractivity contribution in [1.82, 2.24) is 4.98 Å². The van der Waals surface area contributed by atoms with Gasteiger partial charge in [-0.25, -0.2) is 4.39 Å². The van der Waals surface area contributed by atoms with Gasteiger partial charge >= 0.3 is 0 Å². The molecule has 1 aromatic carbocycles. The summed E-state index contributed by atoms with van der Waals surface area (Å²) in [4.78, 5) is 13.4. The number of halogens is 4. The monoisotopic (exact) mass is 291 g/mol. The maximum Gasteiger partial charge on any atom is 0.284 e. The van der Waals surface area contributed by atoms with Gasteiger partial charge in [0, 0.05) is 17.3 Å². The van der Waals surface area contributed by atoms with Crippen molar-refractivity contribution in [2.45, 2.75) is 0 Å². The average molecular weight is 293 g/mol. The fourth-order valence-corrected chi connectivity index (χ4v) is 2.04. The van der Waals surface area contributed by atoms with Crippen molar-refractivity contribution in [1.29, 1.82) is 0 Å². The number of nitrogens with one attached hydrogen (secondary N) is 1. The summed E-state index contributed by atoms with van der Waals surface area (Å²) in [5.41, 5.74) is -0.411. The van der Waals surface area contributed by atoms with Crippen LogP contribution in [0, 0.1) is 5.82 Å². The summed E-state index contributed by atoms with van der Waals surface area (Å²) < 4.78 is 13.6. The minimum atomic E-state index is -0.909. The van der Waals surface area contributed by atoms with E-state index in [0.717, 1.165) is 0 Å². The highest BCUT2D eigenvalue weighted by molar-refractivity contribution is 6.49. The molecule has 88 valence electrons. The molecule has 2 rings (SSSR count). The van der Waals surface area contributed by atoms with Crippen molar-refractivity contribution in [3.8, 4) is 11.1 Å². The van der Waals surface area contributed by atoms with Gasteiger partial charge in [-0.1, -0.05) is 40.9 Å². The molecule has 0 saturated heterocycles. The summed E-state index contributed by atoms with van der Waals surface area (Å²) in [7, 11) is 0. The molecule has 0 saturated carbocycles. The summed E-state index contributed by atoms with van der Waals surface area (Å²) in [6.45, 7) is 0. The quantitative estimate of drug-likeness (QED) is 0.787. The van der Waals surface area contributed by atoms with Crippen molar-refractivity contribution in [3.63, 3.8) is 0 Å². The Kier molecular flexibility index (Phi) is 3.43. The fraction of sp³-hybridized carbons (Fsp3) is 0. The predicted octanol–water partition coefficient (Wildman–Crippen LogP) is 4.14. The Balaban J connectivity index is 2.74. The van der Waals surface area contributed by atoms with Gasteiger partial charge in [0.25, 0.3) is 5.56 Å². The van der Waals surface area contributed by atoms with Crippen LogP contribution < -0.4 is 5.56 Å². The second-order valence-corrected chi connectivity index (χ2v) is 4.42. The topological polar surface area (TPSA) is 32.9 Å². The first-order valence-corrected chi connectivity index (χ1v) is 5.67. The van der Waals surface area contributed by atoms with E-state index in [0.29, 0.717) is 5.56 Å². The molecule has 17 heavy (non-hydrogen) atoms. The molecule has 0 bridgehead atoms. The first-order chi connectivity index (χ1) is 8.02. The van der Waals surface area contributed by atoms with Crippen LogP contribution in [0.3, 0.4) is 0 Å². The highest BCUT2D eigenvalue weighted by atomic mass is 35.5. The summed E-state index contributed by atoms with van der Waals surface area (Å²) >= 11 is 17.6. The van der Waals surface area contributed by atoms with Gasteiger partial charge in [-0.3, -0.25) is 4.79 Å². The SMILES string of the molecule is O=c1[nH]ccc(-c2ccc(Cl)c(Cl)c2Cl)c1F. The van der Waals surface area contributed by atoms with Gasteiger partial charge < -0.3 is 4.98 Å². The molecule has 0 aliphatic heterocycles. The Labute approximate surface area is 111 Å². The van der Waals surface area contributed by atoms with E-state index in [1.165, 1.54) is 24.4 Å². The molecule has 6 heteroatoms. The molecule has 0 aliphatic rings. The van der Waals surface area contributed by atoms with E-state index < -0.39 is 11.4 Å². The molecular formula is C11H5Cl3FNO. The molecule has 0 atom stereocenters. The highest BCUT2D eigenvalue weighted by Crippen LogP contribution is 2.38. The van der Waals surface area contributed by atoms with Gasteiger partial charge in [-0.05, 0) is 12.1 Å². The molecule has 0 amide bonds. The lowest BCUT2D eigenvalue weighted by molar-refractivity contribution is 0.612. The van der Waals surface area contributed by atoms with Crippen molar-refractivity contribution in [2.75, 3.05) is 0 Å². The zero-order valence-electron chi connectivity index (χ0n) is 8.23. The number of hydrogen-bond acceptors (Lipinski definition) is 1. The third-order valence-corrected chi connectivity index (χ3v) is 3.52. The first kappa shape index (κ1) is 12.4. The number of pyridine rings is 1. The minimum absolute atomic E-state index is 0.0808. The molecule has 2 nitrogen and oxygen atoms in total. The van der Waals surface area contributed by atoms with Crippen LogP contribution in [0.5, 0.6) is 0 Å². The second-order valence-electron chi connectivity index (χ2n) is 3.26. The Morgan fingerprint density at radius 3 is 2.41 bits per heavy atom. The number of aromatic nitrogens is 1. The maximum absolute atomic E-state index is 13.6. The Hall–Kier alpha value is -1.03. The molecule has 1 aromatic heterocycles. The summed E-state index contributed by atoms with van der Waals surface area (Å²) in [6.07, 6.45) is 1.33. The Bertz CT molecular complexity index is 639. The molecule has 0 spiro atoms. The van der Waals surface area contributed by atoms with Crippen LogP contribution in [0.2, 0.25) is 15.1 Å². The van der Waals surface area contributed by atoms with E-state index in [2.05, 4.69) is 4.98 Å². The zero-order chi connectivity index (χ0) is 12.6. The van der Waals surface area contributed by atoms with Crippen LogP contribution in [0.1, 0.15) is 0 Å². The largest absolute Gasteiger partial charge is 0.327 e. The van der Waals surface area contributed by atoms with Crippen molar-refractivity contribution in [2.24, 2.45) is 0 Å². The van der Waals surface area contributed by atoms with Gasteiger partial charge in [0.15, 0.2) is 5.82 Å². The van der Waals surface area contributed by atoms with Crippen LogP contribution in [0.15, 0.2) is 29.2 Å². The third kappa shape index (κ3) is 2.18. The van der Waals surface area contributed by atoms with Gasteiger partial charge in [-0.15, -0.1) is 0 Å². The predicted molar refractivity (Wildman–Crippen MR) is 67.5 cm³/mol. The molecule has 0 fully saturated rings. The van der Waals surface area contributed by atoms with Gasteiger partial charge in [0.05, 0.1) is 15.1 Å². The second kappa shape index (κ2) is 4.69. The molecule has 1 N–H and O–H groups in total. The third-order valence-electron chi connectivity index (χ3n) is 2.23. The van der Waals surface area contributed by atoms with Crippen LogP contribution >= 0.6 is 34.8 Å². The van der Waals surface area contributed by atoms with E-state index in [1.807, 2.05) is 0 Å². The molecule has 0 radical (unpaired) electrons. The van der Waals surface area contributed by atoms with Crippen LogP contribution in [0.25, 0.3) is 11.1 Å². The molecule has 0 aliphatic carbocycles. The standard InChI is InChI=1S/C11H5Cl3FNO/c12-7-2-1-5(8(13)9(7)14)6-3-4-16-11(17)10(6)15/h1-4H,(H,16,17). The van der Waals surface area contributed by atoms with Gasteiger partial charge in [0.2, 0.25) is 0 Å². The summed E-state index contributed by atoms with van der Waals surface area (Å²) in [5, 5.41) is 0.514. The van der Waals surface area contributed by atoms with E-state index >= 15 is 0 Å². The lowest BCUT2D eigenvalue weighted by Crippen LogP contribution is -2.10. The Morgan fingerprint density at radius 2 is 1.71 bits per heavy atom. The lowest BCUT2D eigenvalue weighted by Gasteiger charge is -2.07. The van der Waals surface area contributed by atoms with Crippen LogP contribution in [-0.4, -0.2) is 4.98 Å². The van der Waals surface area contributed by atoms with Gasteiger partial charge in [-0.2, -0.15) is 0 Å². The fourth-order valence-electron chi connectivity index (χ4n) is 1.40. The van der Waals surface area contributed by atoms with E-state index in [1.54, 1.807) is 0 Å². The molecule has 0 unspecified atom stereocenters. The van der Waals surface area contributed by atoms with Crippen molar-refractivity contribution < 1.29 is 4.39 Å². The smallest absolute Gasteiger partial charge is 0.284 e. The normalized spacial score (nSPS) is 10.6. The summed E-state index contributed by atoms with van der Waals surface area (Å²) in [5.74, 6) is -0.909. The molecule has 2 aromatic rings. The van der Waals surface area contributed by atoms with Crippen molar-refractivity contribution in [3.05, 3.63) is 55.6 Å². The minimum Gasteiger partial charge on any atom is -0.327 e. The lowest BCUT2D eigenvalue weighted by atomic mass is 10.1. The number of benzene rings is 1. The molecule has 1 heterocycles. The number of hydrogen-bond donors (Lipinski definition) is 1.